The van der Waals surface area contributed by atoms with E-state index in [1.165, 1.54) is 5.56 Å². The average Bonchev–Trinajstić information content (AvgIpc) is 2.61. The number of aliphatic hydroxyl groups excluding tert-OH is 1. The van der Waals surface area contributed by atoms with Gasteiger partial charge in [-0.1, -0.05) is 11.6 Å². The van der Waals surface area contributed by atoms with Crippen LogP contribution >= 0.6 is 0 Å². The van der Waals surface area contributed by atoms with Crippen LogP contribution < -0.4 is 10.2 Å². The summed E-state index contributed by atoms with van der Waals surface area (Å²) in [7, 11) is 0. The third-order valence-corrected chi connectivity index (χ3v) is 5.23. The Bertz CT molecular complexity index is 823. The van der Waals surface area contributed by atoms with E-state index in [0.717, 1.165) is 48.2 Å². The first-order valence-corrected chi connectivity index (χ1v) is 9.41. The van der Waals surface area contributed by atoms with E-state index in [4.69, 9.17) is 4.98 Å². The molecule has 2 aromatic rings. The van der Waals surface area contributed by atoms with Crippen molar-refractivity contribution in [1.82, 2.24) is 15.2 Å². The average molecular weight is 354 g/mol. The molecule has 1 aromatic heterocycles. The molecule has 138 valence electrons. The van der Waals surface area contributed by atoms with Crippen molar-refractivity contribution < 1.29 is 9.90 Å². The molecule has 0 radical (unpaired) electrons. The zero-order valence-corrected chi connectivity index (χ0v) is 15.2. The lowest BCUT2D eigenvalue weighted by Gasteiger charge is -2.34. The van der Waals surface area contributed by atoms with Crippen LogP contribution in [0, 0.1) is 6.92 Å². The Hall–Kier alpha value is -2.18. The van der Waals surface area contributed by atoms with E-state index in [1.54, 1.807) is 0 Å². The minimum Gasteiger partial charge on any atom is -0.391 e. The molecule has 0 spiro atoms. The van der Waals surface area contributed by atoms with Gasteiger partial charge < -0.3 is 15.3 Å². The van der Waals surface area contributed by atoms with E-state index in [-0.39, 0.29) is 12.0 Å². The summed E-state index contributed by atoms with van der Waals surface area (Å²) < 4.78 is 0. The molecule has 0 saturated carbocycles. The molecular formula is C20H26N4O2. The summed E-state index contributed by atoms with van der Waals surface area (Å²) in [5, 5.41) is 14.1. The number of fused-ring (bicyclic) bond motifs is 1. The Kier molecular flexibility index (Phi) is 4.78. The molecular weight excluding hydrogens is 328 g/mol. The molecule has 6 heteroatoms. The number of aromatic nitrogens is 1. The summed E-state index contributed by atoms with van der Waals surface area (Å²) in [5.74, 6) is 1.03. The second-order valence-electron chi connectivity index (χ2n) is 7.47. The number of anilines is 1. The SMILES string of the molecule is Cc1ccc2nc(N3CCCC(O)C3)c(CN3CCNC(=O)C3)cc2c1. The molecule has 1 unspecified atom stereocenters. The third-order valence-electron chi connectivity index (χ3n) is 5.23. The number of carbonyl (C=O) groups is 1. The Morgan fingerprint density at radius 3 is 3.00 bits per heavy atom. The maximum atomic E-state index is 11.7. The molecule has 3 heterocycles. The fourth-order valence-corrected chi connectivity index (χ4v) is 3.93. The van der Waals surface area contributed by atoms with E-state index in [2.05, 4.69) is 46.3 Å². The highest BCUT2D eigenvalue weighted by atomic mass is 16.3. The topological polar surface area (TPSA) is 68.7 Å². The molecule has 1 amide bonds. The number of aryl methyl sites for hydroxylation is 1. The van der Waals surface area contributed by atoms with E-state index in [9.17, 15) is 9.90 Å². The first kappa shape index (κ1) is 17.2. The molecule has 0 bridgehead atoms. The highest BCUT2D eigenvalue weighted by molar-refractivity contribution is 5.83. The van der Waals surface area contributed by atoms with E-state index < -0.39 is 0 Å². The lowest BCUT2D eigenvalue weighted by Crippen LogP contribution is -2.47. The Morgan fingerprint density at radius 1 is 1.31 bits per heavy atom. The van der Waals surface area contributed by atoms with Crippen LogP contribution in [0.3, 0.4) is 0 Å². The van der Waals surface area contributed by atoms with Gasteiger partial charge in [0.1, 0.15) is 5.82 Å². The van der Waals surface area contributed by atoms with Crippen molar-refractivity contribution in [3.63, 3.8) is 0 Å². The standard InChI is InChI=1S/C20H26N4O2/c1-14-4-5-18-15(9-14)10-16(11-23-8-6-21-19(26)13-23)20(22-18)24-7-2-3-17(25)12-24/h4-5,9-10,17,25H,2-3,6-8,11-13H2,1H3,(H,21,26). The second kappa shape index (κ2) is 7.21. The summed E-state index contributed by atoms with van der Waals surface area (Å²) in [6, 6.07) is 8.51. The van der Waals surface area contributed by atoms with Crippen molar-refractivity contribution in [3.8, 4) is 0 Å². The molecule has 2 aliphatic rings. The molecule has 4 rings (SSSR count). The van der Waals surface area contributed by atoms with Gasteiger partial charge in [0.15, 0.2) is 0 Å². The number of carbonyl (C=O) groups excluding carboxylic acids is 1. The van der Waals surface area contributed by atoms with Crippen LogP contribution in [0.5, 0.6) is 0 Å². The van der Waals surface area contributed by atoms with Crippen LogP contribution in [0.25, 0.3) is 10.9 Å². The second-order valence-corrected chi connectivity index (χ2v) is 7.47. The van der Waals surface area contributed by atoms with Crippen LogP contribution in [0.2, 0.25) is 0 Å². The van der Waals surface area contributed by atoms with Gasteiger partial charge in [-0.15, -0.1) is 0 Å². The molecule has 2 aliphatic heterocycles. The van der Waals surface area contributed by atoms with Gasteiger partial charge in [0.25, 0.3) is 0 Å². The zero-order valence-electron chi connectivity index (χ0n) is 15.2. The summed E-state index contributed by atoms with van der Waals surface area (Å²) in [4.78, 5) is 21.1. The van der Waals surface area contributed by atoms with Crippen LogP contribution in [0.4, 0.5) is 5.82 Å². The number of piperazine rings is 1. The first-order valence-electron chi connectivity index (χ1n) is 9.41. The Morgan fingerprint density at radius 2 is 2.19 bits per heavy atom. The highest BCUT2D eigenvalue weighted by Crippen LogP contribution is 2.28. The van der Waals surface area contributed by atoms with Gasteiger partial charge in [0, 0.05) is 43.7 Å². The molecule has 1 atom stereocenters. The Labute approximate surface area is 153 Å². The number of β-amino-alcohol motifs (C(OH)–C–C–N with tert-alkyl or cyclic N) is 1. The van der Waals surface area contributed by atoms with E-state index in [1.807, 2.05) is 0 Å². The van der Waals surface area contributed by atoms with Crippen molar-refractivity contribution >= 4 is 22.6 Å². The predicted octanol–water partition coefficient (Wildman–Crippen LogP) is 1.44. The van der Waals surface area contributed by atoms with Crippen molar-refractivity contribution in [1.29, 1.82) is 0 Å². The predicted molar refractivity (Wildman–Crippen MR) is 102 cm³/mol. The van der Waals surface area contributed by atoms with Gasteiger partial charge in [-0.2, -0.15) is 0 Å². The van der Waals surface area contributed by atoms with Gasteiger partial charge in [-0.05, 0) is 38.0 Å². The monoisotopic (exact) mass is 354 g/mol. The zero-order chi connectivity index (χ0) is 18.1. The summed E-state index contributed by atoms with van der Waals surface area (Å²) >= 11 is 0. The van der Waals surface area contributed by atoms with Crippen molar-refractivity contribution in [2.24, 2.45) is 0 Å². The number of amides is 1. The molecule has 2 N–H and O–H groups in total. The van der Waals surface area contributed by atoms with E-state index >= 15 is 0 Å². The molecule has 6 nitrogen and oxygen atoms in total. The molecule has 26 heavy (non-hydrogen) atoms. The van der Waals surface area contributed by atoms with Crippen LogP contribution in [0.15, 0.2) is 24.3 Å². The summed E-state index contributed by atoms with van der Waals surface area (Å²) in [6.07, 6.45) is 1.53. The van der Waals surface area contributed by atoms with Crippen molar-refractivity contribution in [3.05, 3.63) is 35.4 Å². The first-order chi connectivity index (χ1) is 12.6. The van der Waals surface area contributed by atoms with Gasteiger partial charge >= 0.3 is 0 Å². The number of hydrogen-bond donors (Lipinski definition) is 2. The Balaban J connectivity index is 1.71. The lowest BCUT2D eigenvalue weighted by molar-refractivity contribution is -0.124. The van der Waals surface area contributed by atoms with Crippen LogP contribution in [-0.2, 0) is 11.3 Å². The highest BCUT2D eigenvalue weighted by Gasteiger charge is 2.24. The fourth-order valence-electron chi connectivity index (χ4n) is 3.93. The quantitative estimate of drug-likeness (QED) is 0.873. The number of rotatable bonds is 3. The molecule has 1 aromatic carbocycles. The number of pyridine rings is 1. The van der Waals surface area contributed by atoms with Crippen LogP contribution in [0.1, 0.15) is 24.0 Å². The maximum Gasteiger partial charge on any atom is 0.234 e. The largest absolute Gasteiger partial charge is 0.391 e. The molecule has 0 aliphatic carbocycles. The number of hydrogen-bond acceptors (Lipinski definition) is 5. The number of nitrogens with zero attached hydrogens (tertiary/aromatic N) is 3. The number of nitrogens with one attached hydrogen (secondary N) is 1. The normalized spacial score (nSPS) is 21.8. The van der Waals surface area contributed by atoms with Crippen molar-refractivity contribution in [2.75, 3.05) is 37.6 Å². The summed E-state index contributed by atoms with van der Waals surface area (Å²) in [6.45, 7) is 6.28. The molecule has 2 saturated heterocycles. The van der Waals surface area contributed by atoms with Crippen molar-refractivity contribution in [2.45, 2.75) is 32.4 Å². The van der Waals surface area contributed by atoms with Crippen LogP contribution in [-0.4, -0.2) is 59.7 Å². The van der Waals surface area contributed by atoms with Gasteiger partial charge in [-0.25, -0.2) is 4.98 Å². The maximum absolute atomic E-state index is 11.7. The minimum absolute atomic E-state index is 0.0794. The van der Waals surface area contributed by atoms with Gasteiger partial charge in [0.05, 0.1) is 18.2 Å². The van der Waals surface area contributed by atoms with Gasteiger partial charge in [-0.3, -0.25) is 9.69 Å². The van der Waals surface area contributed by atoms with Gasteiger partial charge in [0.2, 0.25) is 5.91 Å². The summed E-state index contributed by atoms with van der Waals surface area (Å²) in [5.41, 5.74) is 3.32. The number of aliphatic hydroxyl groups is 1. The number of benzene rings is 1. The fraction of sp³-hybridized carbons (Fsp3) is 0.500. The third kappa shape index (κ3) is 3.66. The molecule has 2 fully saturated rings. The van der Waals surface area contributed by atoms with E-state index in [0.29, 0.717) is 26.2 Å². The lowest BCUT2D eigenvalue weighted by atomic mass is 10.0. The smallest absolute Gasteiger partial charge is 0.234 e. The minimum atomic E-state index is -0.298. The number of piperidine rings is 1.